The molecule has 2 saturated heterocycles. The molecular weight excluding hydrogens is 429 g/mol. The lowest BCUT2D eigenvalue weighted by Gasteiger charge is -2.34. The number of hydrogen-bond donors (Lipinski definition) is 1. The number of halogens is 1. The van der Waals surface area contributed by atoms with E-state index in [0.717, 1.165) is 35.7 Å². The Morgan fingerprint density at radius 3 is 2.62 bits per heavy atom. The second kappa shape index (κ2) is 8.22. The third kappa shape index (κ3) is 3.80. The minimum Gasteiger partial charge on any atom is -0.365 e. The van der Waals surface area contributed by atoms with Gasteiger partial charge in [0.15, 0.2) is 0 Å². The average molecular weight is 456 g/mol. The lowest BCUT2D eigenvalue weighted by molar-refractivity contribution is 0.292. The van der Waals surface area contributed by atoms with Crippen LogP contribution in [0.2, 0.25) is 0 Å². The van der Waals surface area contributed by atoms with Crippen molar-refractivity contribution in [3.63, 3.8) is 0 Å². The zero-order valence-corrected chi connectivity index (χ0v) is 19.2. The standard InChI is InChI=1S/C26H26FN7/c1-17-11-20(5-8-25(17)33-16-22-12-23(33)15-32(22)2)30-26-28-10-9-24(31-26)18-13-29-34(14-18)21-6-3-19(27)4-7-21/h3-11,13-14,22-23H,12,15-16H2,1-2H3,(H,28,30,31)/t22-,23-/m0/s1. The number of fused-ring (bicyclic) bond motifs is 2. The first kappa shape index (κ1) is 20.8. The Morgan fingerprint density at radius 2 is 1.88 bits per heavy atom. The van der Waals surface area contributed by atoms with Crippen LogP contribution in [0.25, 0.3) is 16.9 Å². The highest BCUT2D eigenvalue weighted by Crippen LogP contribution is 2.36. The molecule has 8 heteroatoms. The summed E-state index contributed by atoms with van der Waals surface area (Å²) in [5.74, 6) is 0.257. The number of likely N-dealkylation sites (N-methyl/N-ethyl adjacent to an activating group) is 1. The molecule has 0 spiro atoms. The largest absolute Gasteiger partial charge is 0.365 e. The zero-order chi connectivity index (χ0) is 23.2. The van der Waals surface area contributed by atoms with Crippen LogP contribution in [0.15, 0.2) is 67.1 Å². The first-order valence-electron chi connectivity index (χ1n) is 11.5. The smallest absolute Gasteiger partial charge is 0.227 e. The van der Waals surface area contributed by atoms with E-state index in [9.17, 15) is 4.39 Å². The Morgan fingerprint density at radius 1 is 1.03 bits per heavy atom. The zero-order valence-electron chi connectivity index (χ0n) is 19.2. The SMILES string of the molecule is Cc1cc(Nc2nccc(-c3cnn(-c4ccc(F)cc4)c3)n2)ccc1N1C[C@@H]2C[C@H]1CN2C. The molecule has 1 N–H and O–H groups in total. The number of nitrogens with zero attached hydrogens (tertiary/aromatic N) is 6. The van der Waals surface area contributed by atoms with Gasteiger partial charge in [0.25, 0.3) is 0 Å². The molecular formula is C26H26FN7. The van der Waals surface area contributed by atoms with Crippen molar-refractivity contribution in [2.75, 3.05) is 30.4 Å². The fourth-order valence-electron chi connectivity index (χ4n) is 5.12. The lowest BCUT2D eigenvalue weighted by atomic mass is 10.1. The van der Waals surface area contributed by atoms with Crippen LogP contribution >= 0.6 is 0 Å². The van der Waals surface area contributed by atoms with Gasteiger partial charge in [0.05, 0.1) is 17.6 Å². The van der Waals surface area contributed by atoms with Gasteiger partial charge in [-0.15, -0.1) is 0 Å². The van der Waals surface area contributed by atoms with Gasteiger partial charge in [0.1, 0.15) is 5.82 Å². The van der Waals surface area contributed by atoms with Gasteiger partial charge in [-0.2, -0.15) is 5.10 Å². The van der Waals surface area contributed by atoms with Crippen molar-refractivity contribution in [3.05, 3.63) is 78.5 Å². The number of likely N-dealkylation sites (tertiary alicyclic amines) is 1. The molecule has 4 heterocycles. The van der Waals surface area contributed by atoms with Gasteiger partial charge in [-0.1, -0.05) is 0 Å². The van der Waals surface area contributed by atoms with Gasteiger partial charge in [0, 0.05) is 54.5 Å². The number of piperazine rings is 1. The second-order valence-electron chi connectivity index (χ2n) is 9.18. The molecule has 0 radical (unpaired) electrons. The van der Waals surface area contributed by atoms with Crippen molar-refractivity contribution < 1.29 is 4.39 Å². The first-order chi connectivity index (χ1) is 16.5. The highest BCUT2D eigenvalue weighted by molar-refractivity contribution is 5.66. The Labute approximate surface area is 197 Å². The average Bonchev–Trinajstić information content (AvgIpc) is 3.56. The predicted molar refractivity (Wildman–Crippen MR) is 131 cm³/mol. The summed E-state index contributed by atoms with van der Waals surface area (Å²) >= 11 is 0. The Balaban J connectivity index is 1.19. The summed E-state index contributed by atoms with van der Waals surface area (Å²) < 4.78 is 14.9. The molecule has 2 aliphatic heterocycles. The van der Waals surface area contributed by atoms with Crippen LogP contribution in [0.1, 0.15) is 12.0 Å². The Kier molecular flexibility index (Phi) is 5.03. The molecule has 2 bridgehead atoms. The fraction of sp³-hybridized carbons (Fsp3) is 0.269. The topological polar surface area (TPSA) is 62.1 Å². The van der Waals surface area contributed by atoms with Gasteiger partial charge >= 0.3 is 0 Å². The molecule has 0 unspecified atom stereocenters. The number of rotatable bonds is 5. The monoisotopic (exact) mass is 455 g/mol. The first-order valence-corrected chi connectivity index (χ1v) is 11.5. The number of benzene rings is 2. The van der Waals surface area contributed by atoms with E-state index in [-0.39, 0.29) is 5.82 Å². The summed E-state index contributed by atoms with van der Waals surface area (Å²) in [4.78, 5) is 14.1. The van der Waals surface area contributed by atoms with Gasteiger partial charge < -0.3 is 10.2 Å². The molecule has 6 rings (SSSR count). The van der Waals surface area contributed by atoms with E-state index in [1.54, 1.807) is 29.2 Å². The van der Waals surface area contributed by atoms with Crippen molar-refractivity contribution in [3.8, 4) is 16.9 Å². The molecule has 0 saturated carbocycles. The summed E-state index contributed by atoms with van der Waals surface area (Å²) in [5.41, 5.74) is 5.92. The van der Waals surface area contributed by atoms with E-state index in [2.05, 4.69) is 62.4 Å². The van der Waals surface area contributed by atoms with Crippen LogP contribution < -0.4 is 10.2 Å². The number of aryl methyl sites for hydroxylation is 1. The summed E-state index contributed by atoms with van der Waals surface area (Å²) in [6.45, 7) is 4.41. The highest BCUT2D eigenvalue weighted by Gasteiger charge is 2.41. The molecule has 2 aliphatic rings. The van der Waals surface area contributed by atoms with Gasteiger partial charge in [-0.25, -0.2) is 19.0 Å². The van der Waals surface area contributed by atoms with Crippen LogP contribution in [-0.2, 0) is 0 Å². The highest BCUT2D eigenvalue weighted by atomic mass is 19.1. The molecule has 0 aliphatic carbocycles. The molecule has 2 aromatic heterocycles. The maximum atomic E-state index is 13.2. The Bertz CT molecular complexity index is 1330. The van der Waals surface area contributed by atoms with E-state index in [1.165, 1.54) is 29.8 Å². The van der Waals surface area contributed by atoms with E-state index in [0.29, 0.717) is 18.0 Å². The minimum atomic E-state index is -0.272. The minimum absolute atomic E-state index is 0.272. The van der Waals surface area contributed by atoms with E-state index >= 15 is 0 Å². The van der Waals surface area contributed by atoms with Crippen LogP contribution in [0.4, 0.5) is 21.7 Å². The van der Waals surface area contributed by atoms with E-state index < -0.39 is 0 Å². The number of hydrogen-bond acceptors (Lipinski definition) is 6. The van der Waals surface area contributed by atoms with E-state index in [4.69, 9.17) is 0 Å². The number of aromatic nitrogens is 4. The maximum absolute atomic E-state index is 13.2. The van der Waals surface area contributed by atoms with Crippen LogP contribution in [0.3, 0.4) is 0 Å². The van der Waals surface area contributed by atoms with Gasteiger partial charge in [-0.05, 0) is 74.5 Å². The molecule has 4 aromatic rings. The molecule has 2 aromatic carbocycles. The number of anilines is 3. The normalized spacial score (nSPS) is 19.7. The third-order valence-corrected chi connectivity index (χ3v) is 6.90. The summed E-state index contributed by atoms with van der Waals surface area (Å²) in [6.07, 6.45) is 6.61. The van der Waals surface area contributed by atoms with Crippen LogP contribution in [-0.4, -0.2) is 56.9 Å². The Hall–Kier alpha value is -3.78. The fourth-order valence-corrected chi connectivity index (χ4v) is 5.12. The van der Waals surface area contributed by atoms with Crippen molar-refractivity contribution in [1.82, 2.24) is 24.6 Å². The van der Waals surface area contributed by atoms with Crippen LogP contribution in [0.5, 0.6) is 0 Å². The molecule has 34 heavy (non-hydrogen) atoms. The van der Waals surface area contributed by atoms with Crippen molar-refractivity contribution in [2.24, 2.45) is 0 Å². The maximum Gasteiger partial charge on any atom is 0.227 e. The van der Waals surface area contributed by atoms with Gasteiger partial charge in [-0.3, -0.25) is 4.90 Å². The molecule has 2 atom stereocenters. The van der Waals surface area contributed by atoms with Crippen LogP contribution in [0, 0.1) is 12.7 Å². The molecule has 0 amide bonds. The third-order valence-electron chi connectivity index (χ3n) is 6.90. The summed E-state index contributed by atoms with van der Waals surface area (Å²) in [6, 6.07) is 15.8. The molecule has 2 fully saturated rings. The molecule has 172 valence electrons. The number of nitrogens with one attached hydrogen (secondary N) is 1. The molecule has 7 nitrogen and oxygen atoms in total. The van der Waals surface area contributed by atoms with Crippen molar-refractivity contribution in [1.29, 1.82) is 0 Å². The lowest BCUT2D eigenvalue weighted by Crippen LogP contribution is -2.44. The van der Waals surface area contributed by atoms with Gasteiger partial charge in [0.2, 0.25) is 5.95 Å². The summed E-state index contributed by atoms with van der Waals surface area (Å²) in [7, 11) is 2.23. The second-order valence-corrected chi connectivity index (χ2v) is 9.18. The summed E-state index contributed by atoms with van der Waals surface area (Å²) in [5, 5.41) is 7.73. The van der Waals surface area contributed by atoms with Crippen molar-refractivity contribution >= 4 is 17.3 Å². The quantitative estimate of drug-likeness (QED) is 0.481. The van der Waals surface area contributed by atoms with Crippen molar-refractivity contribution in [2.45, 2.75) is 25.4 Å². The predicted octanol–water partition coefficient (Wildman–Crippen LogP) is 4.41. The van der Waals surface area contributed by atoms with E-state index in [1.807, 2.05) is 12.3 Å².